The molecule has 0 radical (unpaired) electrons. The summed E-state index contributed by atoms with van der Waals surface area (Å²) in [5.74, 6) is 0.483. The lowest BCUT2D eigenvalue weighted by Crippen LogP contribution is -2.36. The Morgan fingerprint density at radius 2 is 1.95 bits per heavy atom. The molecule has 6 heteroatoms. The normalized spacial score (nSPS) is 13.0. The maximum absolute atomic E-state index is 10.8. The summed E-state index contributed by atoms with van der Waals surface area (Å²) in [7, 11) is -3.92. The zero-order valence-electron chi connectivity index (χ0n) is 12.9. The van der Waals surface area contributed by atoms with E-state index in [1.807, 2.05) is 23.6 Å². The van der Waals surface area contributed by atoms with Crippen molar-refractivity contribution in [2.45, 2.75) is 46.1 Å². The van der Waals surface area contributed by atoms with E-state index in [4.69, 9.17) is 8.97 Å². The number of benzene rings is 1. The molecule has 0 bridgehead atoms. The third-order valence-corrected chi connectivity index (χ3v) is 4.34. The molecule has 0 amide bonds. The highest BCUT2D eigenvalue weighted by Gasteiger charge is 2.23. The Bertz CT molecular complexity index is 754. The number of nitrogens with zero attached hydrogens (tertiary/aromatic N) is 1. The first-order valence-corrected chi connectivity index (χ1v) is 8.57. The van der Waals surface area contributed by atoms with Crippen LogP contribution in [0, 0.1) is 6.92 Å². The summed E-state index contributed by atoms with van der Waals surface area (Å²) in [6.45, 7) is 8.77. The van der Waals surface area contributed by atoms with E-state index < -0.39 is 10.1 Å². The molecular formula is C15H22NO4S+. The van der Waals surface area contributed by atoms with Crippen molar-refractivity contribution in [1.82, 2.24) is 0 Å². The lowest BCUT2D eigenvalue weighted by atomic mass is 9.87. The third-order valence-electron chi connectivity index (χ3n) is 3.54. The van der Waals surface area contributed by atoms with Crippen molar-refractivity contribution in [2.75, 3.05) is 5.75 Å². The van der Waals surface area contributed by atoms with Crippen LogP contribution in [0.4, 0.5) is 0 Å². The summed E-state index contributed by atoms with van der Waals surface area (Å²) in [5, 5.41) is 0. The minimum atomic E-state index is -3.92. The highest BCUT2D eigenvalue weighted by Crippen LogP contribution is 2.25. The highest BCUT2D eigenvalue weighted by molar-refractivity contribution is 7.85. The second-order valence-corrected chi connectivity index (χ2v) is 7.92. The SMILES string of the molecule is Cc1oc2ccc(C(C)(C)C)cc2[n+]1CCCS(=O)(=O)O. The van der Waals surface area contributed by atoms with Gasteiger partial charge in [0.05, 0.1) is 12.7 Å². The number of aryl methyl sites for hydroxylation is 2. The molecule has 0 saturated heterocycles. The van der Waals surface area contributed by atoms with Crippen molar-refractivity contribution in [3.05, 3.63) is 29.7 Å². The Morgan fingerprint density at radius 3 is 2.52 bits per heavy atom. The first-order chi connectivity index (χ1) is 9.58. The minimum Gasteiger partial charge on any atom is -0.402 e. The Hall–Kier alpha value is -1.40. The molecule has 0 aliphatic heterocycles. The first-order valence-electron chi connectivity index (χ1n) is 6.96. The third kappa shape index (κ3) is 3.83. The smallest absolute Gasteiger partial charge is 0.344 e. The molecule has 1 N–H and O–H groups in total. The molecule has 21 heavy (non-hydrogen) atoms. The molecule has 1 aromatic heterocycles. The summed E-state index contributed by atoms with van der Waals surface area (Å²) >= 11 is 0. The van der Waals surface area contributed by atoms with Gasteiger partial charge in [0.25, 0.3) is 15.6 Å². The molecule has 0 unspecified atom stereocenters. The summed E-state index contributed by atoms with van der Waals surface area (Å²) in [4.78, 5) is 0. The van der Waals surface area contributed by atoms with E-state index in [9.17, 15) is 8.42 Å². The molecule has 0 spiro atoms. The van der Waals surface area contributed by atoms with Gasteiger partial charge in [-0.05, 0) is 17.0 Å². The van der Waals surface area contributed by atoms with Crippen molar-refractivity contribution >= 4 is 21.2 Å². The molecule has 1 aromatic carbocycles. The van der Waals surface area contributed by atoms with Gasteiger partial charge in [-0.2, -0.15) is 13.0 Å². The van der Waals surface area contributed by atoms with E-state index in [0.717, 1.165) is 17.0 Å². The minimum absolute atomic E-state index is 0.0334. The van der Waals surface area contributed by atoms with E-state index >= 15 is 0 Å². The largest absolute Gasteiger partial charge is 0.402 e. The van der Waals surface area contributed by atoms with E-state index in [1.54, 1.807) is 0 Å². The zero-order chi connectivity index (χ0) is 15.8. The highest BCUT2D eigenvalue weighted by atomic mass is 32.2. The fourth-order valence-corrected chi connectivity index (χ4v) is 2.84. The summed E-state index contributed by atoms with van der Waals surface area (Å²) in [6, 6.07) is 6.08. The number of oxazole rings is 1. The maximum atomic E-state index is 10.8. The molecule has 5 nitrogen and oxygen atoms in total. The van der Waals surface area contributed by atoms with Crippen LogP contribution in [-0.2, 0) is 22.1 Å². The molecule has 2 rings (SSSR count). The predicted octanol–water partition coefficient (Wildman–Crippen LogP) is 2.60. The predicted molar refractivity (Wildman–Crippen MR) is 80.9 cm³/mol. The van der Waals surface area contributed by atoms with Crippen molar-refractivity contribution in [1.29, 1.82) is 0 Å². The van der Waals surface area contributed by atoms with Crippen molar-refractivity contribution < 1.29 is 22.0 Å². The number of rotatable bonds is 4. The molecule has 116 valence electrons. The van der Waals surface area contributed by atoms with Crippen LogP contribution in [-0.4, -0.2) is 18.7 Å². The van der Waals surface area contributed by atoms with Crippen LogP contribution in [0.15, 0.2) is 22.6 Å². The Morgan fingerprint density at radius 1 is 1.29 bits per heavy atom. The second kappa shape index (κ2) is 5.42. The van der Waals surface area contributed by atoms with Gasteiger partial charge in [0.1, 0.15) is 0 Å². The van der Waals surface area contributed by atoms with Gasteiger partial charge in [-0.1, -0.05) is 26.8 Å². The Kier molecular flexibility index (Phi) is 4.13. The van der Waals surface area contributed by atoms with Crippen LogP contribution in [0.2, 0.25) is 0 Å². The summed E-state index contributed by atoms with van der Waals surface area (Å²) in [6.07, 6.45) is 0.346. The van der Waals surface area contributed by atoms with Gasteiger partial charge < -0.3 is 4.42 Å². The van der Waals surface area contributed by atoms with Crippen LogP contribution in [0.1, 0.15) is 38.6 Å². The fraction of sp³-hybridized carbons (Fsp3) is 0.533. The summed E-state index contributed by atoms with van der Waals surface area (Å²) in [5.41, 5.74) is 2.97. The van der Waals surface area contributed by atoms with E-state index in [0.29, 0.717) is 13.0 Å². The number of hydrogen-bond acceptors (Lipinski definition) is 3. The molecule has 0 saturated carbocycles. The van der Waals surface area contributed by atoms with Gasteiger partial charge >= 0.3 is 5.89 Å². The average Bonchev–Trinajstić information content (AvgIpc) is 2.62. The average molecular weight is 312 g/mol. The number of hydrogen-bond donors (Lipinski definition) is 1. The van der Waals surface area contributed by atoms with Gasteiger partial charge in [0.2, 0.25) is 5.58 Å². The van der Waals surface area contributed by atoms with Crippen LogP contribution in [0.3, 0.4) is 0 Å². The lowest BCUT2D eigenvalue weighted by molar-refractivity contribution is -0.682. The maximum Gasteiger partial charge on any atom is 0.344 e. The lowest BCUT2D eigenvalue weighted by Gasteiger charge is -2.17. The molecule has 0 aliphatic carbocycles. The van der Waals surface area contributed by atoms with E-state index in [1.165, 1.54) is 5.56 Å². The number of aromatic nitrogens is 1. The first kappa shape index (κ1) is 16.0. The van der Waals surface area contributed by atoms with Crippen LogP contribution >= 0.6 is 0 Å². The van der Waals surface area contributed by atoms with Crippen LogP contribution in [0.5, 0.6) is 0 Å². The molecule has 2 aromatic rings. The standard InChI is InChI=1S/C15H21NO4S/c1-11-16(8-5-9-21(17,18)19)13-10-12(15(2,3)4)6-7-14(13)20-11/h6-7,10H,5,8-9H2,1-4H3/p+1. The van der Waals surface area contributed by atoms with Crippen molar-refractivity contribution in [2.24, 2.45) is 0 Å². The Balaban J connectivity index is 2.36. The molecule has 0 aliphatic rings. The molecule has 1 heterocycles. The monoisotopic (exact) mass is 312 g/mol. The molecular weight excluding hydrogens is 290 g/mol. The van der Waals surface area contributed by atoms with E-state index in [2.05, 4.69) is 26.8 Å². The van der Waals surface area contributed by atoms with Gasteiger partial charge in [0.15, 0.2) is 6.54 Å². The van der Waals surface area contributed by atoms with Gasteiger partial charge in [0, 0.05) is 12.5 Å². The molecule has 0 fully saturated rings. The van der Waals surface area contributed by atoms with E-state index in [-0.39, 0.29) is 11.2 Å². The summed E-state index contributed by atoms with van der Waals surface area (Å²) < 4.78 is 38.1. The van der Waals surface area contributed by atoms with Crippen molar-refractivity contribution in [3.8, 4) is 0 Å². The zero-order valence-corrected chi connectivity index (χ0v) is 13.7. The molecule has 0 atom stereocenters. The quantitative estimate of drug-likeness (QED) is 0.696. The van der Waals surface area contributed by atoms with Gasteiger partial charge in [-0.3, -0.25) is 4.55 Å². The second-order valence-electron chi connectivity index (χ2n) is 6.34. The van der Waals surface area contributed by atoms with Gasteiger partial charge in [-0.15, -0.1) is 0 Å². The van der Waals surface area contributed by atoms with Crippen LogP contribution < -0.4 is 4.57 Å². The topological polar surface area (TPSA) is 71.4 Å². The van der Waals surface area contributed by atoms with Crippen LogP contribution in [0.25, 0.3) is 11.1 Å². The van der Waals surface area contributed by atoms with Crippen molar-refractivity contribution in [3.63, 3.8) is 0 Å². The fourth-order valence-electron chi connectivity index (χ4n) is 2.35. The van der Waals surface area contributed by atoms with Gasteiger partial charge in [-0.25, -0.2) is 0 Å². The Labute approximate surface area is 125 Å². The number of fused-ring (bicyclic) bond motifs is 1.